The third-order valence-corrected chi connectivity index (χ3v) is 5.47. The van der Waals surface area contributed by atoms with Gasteiger partial charge in [-0.15, -0.1) is 0 Å². The lowest BCUT2D eigenvalue weighted by Crippen LogP contribution is -2.38. The molecule has 0 heterocycles. The van der Waals surface area contributed by atoms with Gasteiger partial charge in [-0.25, -0.2) is 0 Å². The Labute approximate surface area is 180 Å². The predicted molar refractivity (Wildman–Crippen MR) is 113 cm³/mol. The second-order valence-electron chi connectivity index (χ2n) is 7.48. The molecule has 1 aliphatic rings. The van der Waals surface area contributed by atoms with Crippen molar-refractivity contribution >= 4 is 17.5 Å². The van der Waals surface area contributed by atoms with Gasteiger partial charge < -0.3 is 19.7 Å². The topological polar surface area (TPSA) is 67.9 Å². The summed E-state index contributed by atoms with van der Waals surface area (Å²) in [4.78, 5) is 27.1. The van der Waals surface area contributed by atoms with E-state index < -0.39 is 12.5 Å². The van der Waals surface area contributed by atoms with Crippen LogP contribution in [-0.4, -0.2) is 43.5 Å². The lowest BCUT2D eigenvalue weighted by atomic mass is 9.94. The van der Waals surface area contributed by atoms with Gasteiger partial charge in [-0.3, -0.25) is 9.59 Å². The number of hydrogen-bond acceptors (Lipinski definition) is 4. The van der Waals surface area contributed by atoms with Crippen LogP contribution in [0.5, 0.6) is 11.5 Å². The van der Waals surface area contributed by atoms with E-state index in [0.29, 0.717) is 11.3 Å². The van der Waals surface area contributed by atoms with Crippen molar-refractivity contribution in [2.24, 2.45) is 0 Å². The standard InChI is InChI=1S/C23H26F2N2O4/c1-27(18-6-4-3-5-7-18)22(29)15-8-11-17(12-9-15)26-21(28)16-10-13-19(31-23(24)25)20(14-16)30-2/h8-14,18,23H,3-7H2,1-2H3,(H,26,28). The Kier molecular flexibility index (Phi) is 7.44. The van der Waals surface area contributed by atoms with E-state index in [1.165, 1.54) is 31.7 Å². The lowest BCUT2D eigenvalue weighted by molar-refractivity contribution is -0.0512. The van der Waals surface area contributed by atoms with E-state index in [1.54, 1.807) is 24.3 Å². The van der Waals surface area contributed by atoms with E-state index in [1.807, 2.05) is 11.9 Å². The SMILES string of the molecule is COc1cc(C(=O)Nc2ccc(C(=O)N(C)C3CCCCC3)cc2)ccc1OC(F)F. The highest BCUT2D eigenvalue weighted by atomic mass is 19.3. The summed E-state index contributed by atoms with van der Waals surface area (Å²) >= 11 is 0. The summed E-state index contributed by atoms with van der Waals surface area (Å²) in [6.45, 7) is -2.99. The summed E-state index contributed by atoms with van der Waals surface area (Å²) in [5.74, 6) is -0.608. The Morgan fingerprint density at radius 2 is 1.65 bits per heavy atom. The molecule has 0 saturated heterocycles. The first-order chi connectivity index (χ1) is 14.9. The Balaban J connectivity index is 1.65. The molecule has 3 rings (SSSR count). The summed E-state index contributed by atoms with van der Waals surface area (Å²) in [5.41, 5.74) is 1.28. The number of anilines is 1. The molecule has 0 aromatic heterocycles. The molecule has 0 spiro atoms. The molecule has 1 aliphatic carbocycles. The minimum Gasteiger partial charge on any atom is -0.493 e. The van der Waals surface area contributed by atoms with Crippen molar-refractivity contribution in [1.82, 2.24) is 4.90 Å². The van der Waals surface area contributed by atoms with Crippen LogP contribution in [0.25, 0.3) is 0 Å². The van der Waals surface area contributed by atoms with Crippen LogP contribution < -0.4 is 14.8 Å². The third kappa shape index (κ3) is 5.71. The molecule has 2 aromatic rings. The van der Waals surface area contributed by atoms with Crippen molar-refractivity contribution in [2.45, 2.75) is 44.8 Å². The van der Waals surface area contributed by atoms with Crippen molar-refractivity contribution in [2.75, 3.05) is 19.5 Å². The average molecular weight is 432 g/mol. The molecule has 1 saturated carbocycles. The number of hydrogen-bond donors (Lipinski definition) is 1. The normalized spacial score (nSPS) is 14.2. The molecule has 0 radical (unpaired) electrons. The molecule has 0 aliphatic heterocycles. The summed E-state index contributed by atoms with van der Waals surface area (Å²) in [7, 11) is 3.14. The maximum absolute atomic E-state index is 12.7. The maximum Gasteiger partial charge on any atom is 0.387 e. The fourth-order valence-corrected chi connectivity index (χ4v) is 3.74. The van der Waals surface area contributed by atoms with Crippen LogP contribution >= 0.6 is 0 Å². The molecule has 8 heteroatoms. The van der Waals surface area contributed by atoms with Crippen molar-refractivity contribution in [1.29, 1.82) is 0 Å². The number of amides is 2. The first-order valence-electron chi connectivity index (χ1n) is 10.2. The van der Waals surface area contributed by atoms with Gasteiger partial charge in [-0.05, 0) is 55.3 Å². The summed E-state index contributed by atoms with van der Waals surface area (Å²) in [6.07, 6.45) is 5.57. The molecule has 0 bridgehead atoms. The molecule has 31 heavy (non-hydrogen) atoms. The Morgan fingerprint density at radius 3 is 2.26 bits per heavy atom. The van der Waals surface area contributed by atoms with Crippen LogP contribution in [0.1, 0.15) is 52.8 Å². The number of methoxy groups -OCH3 is 1. The van der Waals surface area contributed by atoms with Crippen LogP contribution in [0.4, 0.5) is 14.5 Å². The Morgan fingerprint density at radius 1 is 1.00 bits per heavy atom. The van der Waals surface area contributed by atoms with Gasteiger partial charge in [-0.2, -0.15) is 8.78 Å². The second-order valence-corrected chi connectivity index (χ2v) is 7.48. The zero-order chi connectivity index (χ0) is 22.4. The molecule has 1 fully saturated rings. The minimum atomic E-state index is -2.99. The molecule has 0 atom stereocenters. The summed E-state index contributed by atoms with van der Waals surface area (Å²) in [6, 6.07) is 10.9. The number of carbonyl (C=O) groups excluding carboxylic acids is 2. The summed E-state index contributed by atoms with van der Waals surface area (Å²) in [5, 5.41) is 2.72. The fraction of sp³-hybridized carbons (Fsp3) is 0.391. The Hall–Kier alpha value is -3.16. The van der Waals surface area contributed by atoms with Crippen LogP contribution in [0.2, 0.25) is 0 Å². The number of ether oxygens (including phenoxy) is 2. The molecular weight excluding hydrogens is 406 g/mol. The van der Waals surface area contributed by atoms with Crippen LogP contribution in [0.3, 0.4) is 0 Å². The first kappa shape index (κ1) is 22.5. The van der Waals surface area contributed by atoms with Crippen molar-refractivity contribution in [3.63, 3.8) is 0 Å². The van der Waals surface area contributed by atoms with Gasteiger partial charge in [-0.1, -0.05) is 19.3 Å². The summed E-state index contributed by atoms with van der Waals surface area (Å²) < 4.78 is 34.3. The fourth-order valence-electron chi connectivity index (χ4n) is 3.74. The van der Waals surface area contributed by atoms with E-state index in [-0.39, 0.29) is 29.0 Å². The Bertz CT molecular complexity index is 912. The van der Waals surface area contributed by atoms with Crippen molar-refractivity contribution < 1.29 is 27.8 Å². The van der Waals surface area contributed by atoms with Crippen molar-refractivity contribution in [3.05, 3.63) is 53.6 Å². The first-order valence-corrected chi connectivity index (χ1v) is 10.2. The van der Waals surface area contributed by atoms with E-state index in [0.717, 1.165) is 25.7 Å². The van der Waals surface area contributed by atoms with Gasteiger partial charge >= 0.3 is 6.61 Å². The highest BCUT2D eigenvalue weighted by Crippen LogP contribution is 2.30. The van der Waals surface area contributed by atoms with Gasteiger partial charge in [0.25, 0.3) is 11.8 Å². The third-order valence-electron chi connectivity index (χ3n) is 5.47. The number of carbonyl (C=O) groups is 2. The van der Waals surface area contributed by atoms with Gasteiger partial charge in [0.15, 0.2) is 11.5 Å². The second kappa shape index (κ2) is 10.2. The van der Waals surface area contributed by atoms with Crippen LogP contribution in [0.15, 0.2) is 42.5 Å². The van der Waals surface area contributed by atoms with E-state index in [4.69, 9.17) is 4.74 Å². The van der Waals surface area contributed by atoms with Crippen molar-refractivity contribution in [3.8, 4) is 11.5 Å². The molecule has 0 unspecified atom stereocenters. The molecule has 6 nitrogen and oxygen atoms in total. The average Bonchev–Trinajstić information content (AvgIpc) is 2.79. The zero-order valence-electron chi connectivity index (χ0n) is 17.6. The van der Waals surface area contributed by atoms with Gasteiger partial charge in [0.05, 0.1) is 7.11 Å². The van der Waals surface area contributed by atoms with Crippen LogP contribution in [0, 0.1) is 0 Å². The molecular formula is C23H26F2N2O4. The van der Waals surface area contributed by atoms with E-state index in [9.17, 15) is 18.4 Å². The van der Waals surface area contributed by atoms with Crippen LogP contribution in [-0.2, 0) is 0 Å². The number of rotatable bonds is 7. The number of halogens is 2. The van der Waals surface area contributed by atoms with Gasteiger partial charge in [0, 0.05) is 29.9 Å². The molecule has 2 amide bonds. The van der Waals surface area contributed by atoms with E-state index in [2.05, 4.69) is 10.1 Å². The minimum absolute atomic E-state index is 0.0274. The molecule has 1 N–H and O–H groups in total. The highest BCUT2D eigenvalue weighted by molar-refractivity contribution is 6.05. The predicted octanol–water partition coefficient (Wildman–Crippen LogP) is 4.95. The van der Waals surface area contributed by atoms with E-state index >= 15 is 0 Å². The number of nitrogens with one attached hydrogen (secondary N) is 1. The van der Waals surface area contributed by atoms with Gasteiger partial charge in [0.1, 0.15) is 0 Å². The largest absolute Gasteiger partial charge is 0.493 e. The smallest absolute Gasteiger partial charge is 0.387 e. The van der Waals surface area contributed by atoms with Gasteiger partial charge in [0.2, 0.25) is 0 Å². The zero-order valence-corrected chi connectivity index (χ0v) is 17.6. The monoisotopic (exact) mass is 432 g/mol. The molecule has 166 valence electrons. The number of benzene rings is 2. The highest BCUT2D eigenvalue weighted by Gasteiger charge is 2.23. The quantitative estimate of drug-likeness (QED) is 0.672. The lowest BCUT2D eigenvalue weighted by Gasteiger charge is -2.31. The maximum atomic E-state index is 12.7. The number of alkyl halides is 2. The molecule has 2 aromatic carbocycles. The number of nitrogens with zero attached hydrogens (tertiary/aromatic N) is 1.